The van der Waals surface area contributed by atoms with Crippen LogP contribution in [0.2, 0.25) is 0 Å². The maximum absolute atomic E-state index is 11.7. The van der Waals surface area contributed by atoms with E-state index in [4.69, 9.17) is 10.4 Å². The highest BCUT2D eigenvalue weighted by molar-refractivity contribution is 8.05. The van der Waals surface area contributed by atoms with E-state index in [2.05, 4.69) is 20.6 Å². The lowest BCUT2D eigenvalue weighted by atomic mass is 9.97. The summed E-state index contributed by atoms with van der Waals surface area (Å²) in [7, 11) is -3.48. The second-order valence-electron chi connectivity index (χ2n) is 8.15. The summed E-state index contributed by atoms with van der Waals surface area (Å²) in [5.41, 5.74) is 4.68. The lowest BCUT2D eigenvalue weighted by Crippen LogP contribution is -2.22. The Morgan fingerprint density at radius 3 is 2.59 bits per heavy atom. The topological polar surface area (TPSA) is 138 Å². The Kier molecular flexibility index (Phi) is 6.51. The Balaban J connectivity index is 1.65. The summed E-state index contributed by atoms with van der Waals surface area (Å²) in [6.45, 7) is 1.89. The SMILES string of the molecule is CC(CC(=N)S(C)(=O)=O)c1ccc(Nc2nc(-c3cncnc3)cc3c2C(C=O)NC=C3)cc1. The van der Waals surface area contributed by atoms with Gasteiger partial charge in [-0.1, -0.05) is 19.1 Å². The zero-order chi connectivity index (χ0) is 24.3. The maximum atomic E-state index is 11.7. The van der Waals surface area contributed by atoms with E-state index in [0.717, 1.165) is 40.5 Å². The van der Waals surface area contributed by atoms with Crippen molar-refractivity contribution in [3.8, 4) is 11.3 Å². The number of nitrogens with one attached hydrogen (secondary N) is 3. The zero-order valence-electron chi connectivity index (χ0n) is 18.7. The van der Waals surface area contributed by atoms with Gasteiger partial charge >= 0.3 is 0 Å². The van der Waals surface area contributed by atoms with Gasteiger partial charge in [-0.3, -0.25) is 5.41 Å². The van der Waals surface area contributed by atoms with Crippen LogP contribution in [0.1, 0.15) is 42.0 Å². The maximum Gasteiger partial charge on any atom is 0.188 e. The predicted molar refractivity (Wildman–Crippen MR) is 132 cm³/mol. The molecule has 0 amide bonds. The average molecular weight is 477 g/mol. The largest absolute Gasteiger partial charge is 0.378 e. The molecule has 34 heavy (non-hydrogen) atoms. The minimum absolute atomic E-state index is 0.127. The van der Waals surface area contributed by atoms with E-state index in [1.165, 1.54) is 6.33 Å². The quantitative estimate of drug-likeness (QED) is 0.267. The summed E-state index contributed by atoms with van der Waals surface area (Å²) in [5, 5.41) is 13.8. The number of aldehydes is 1. The van der Waals surface area contributed by atoms with E-state index in [1.54, 1.807) is 18.6 Å². The second-order valence-corrected chi connectivity index (χ2v) is 10.2. The van der Waals surface area contributed by atoms with Crippen LogP contribution < -0.4 is 10.6 Å². The van der Waals surface area contributed by atoms with Crippen LogP contribution in [-0.2, 0) is 14.6 Å². The van der Waals surface area contributed by atoms with Crippen LogP contribution in [0.15, 0.2) is 55.3 Å². The minimum Gasteiger partial charge on any atom is -0.378 e. The van der Waals surface area contributed by atoms with Gasteiger partial charge in [-0.05, 0) is 47.5 Å². The van der Waals surface area contributed by atoms with Gasteiger partial charge in [0.25, 0.3) is 0 Å². The van der Waals surface area contributed by atoms with Gasteiger partial charge in [-0.25, -0.2) is 23.4 Å². The zero-order valence-corrected chi connectivity index (χ0v) is 19.5. The predicted octanol–water partition coefficient (Wildman–Crippen LogP) is 3.61. The molecule has 1 aliphatic rings. The molecule has 0 saturated heterocycles. The van der Waals surface area contributed by atoms with E-state index in [1.807, 2.05) is 43.3 Å². The Morgan fingerprint density at radius 2 is 1.94 bits per heavy atom. The summed E-state index contributed by atoms with van der Waals surface area (Å²) in [5.74, 6) is 0.405. The number of carbonyl (C=O) groups excluding carboxylic acids is 1. The van der Waals surface area contributed by atoms with Gasteiger partial charge in [0, 0.05) is 41.9 Å². The summed E-state index contributed by atoms with van der Waals surface area (Å²) >= 11 is 0. The molecule has 2 atom stereocenters. The third-order valence-corrected chi connectivity index (χ3v) is 6.68. The standard InChI is InChI=1S/C24H24N6O3S/c1-15(9-22(25)34(2,32)33)16-3-5-19(6-4-16)29-24-23-17(7-8-28-21(23)13-31)10-20(30-24)18-11-26-14-27-12-18/h3-8,10-15,21,25,28H,9H2,1-2H3,(H,29,30). The molecule has 0 bridgehead atoms. The van der Waals surface area contributed by atoms with Crippen LogP contribution in [-0.4, -0.2) is 41.0 Å². The number of rotatable bonds is 7. The summed E-state index contributed by atoms with van der Waals surface area (Å²) < 4.78 is 23.1. The van der Waals surface area contributed by atoms with Gasteiger partial charge in [0.2, 0.25) is 0 Å². The number of pyridine rings is 1. The lowest BCUT2D eigenvalue weighted by molar-refractivity contribution is -0.109. The number of benzene rings is 1. The highest BCUT2D eigenvalue weighted by Gasteiger charge is 2.23. The molecule has 0 saturated carbocycles. The number of fused-ring (bicyclic) bond motifs is 1. The van der Waals surface area contributed by atoms with E-state index < -0.39 is 15.9 Å². The van der Waals surface area contributed by atoms with Crippen molar-refractivity contribution in [3.05, 3.63) is 71.9 Å². The van der Waals surface area contributed by atoms with Crippen LogP contribution in [0.25, 0.3) is 17.3 Å². The van der Waals surface area contributed by atoms with Crippen molar-refractivity contribution in [2.45, 2.75) is 25.3 Å². The Labute approximate surface area is 197 Å². The van der Waals surface area contributed by atoms with Crippen molar-refractivity contribution in [2.75, 3.05) is 11.6 Å². The molecule has 0 fully saturated rings. The van der Waals surface area contributed by atoms with Gasteiger partial charge in [0.15, 0.2) is 9.84 Å². The number of anilines is 2. The lowest BCUT2D eigenvalue weighted by Gasteiger charge is -2.23. The summed E-state index contributed by atoms with van der Waals surface area (Å²) in [6, 6.07) is 8.86. The highest BCUT2D eigenvalue weighted by Crippen LogP contribution is 2.34. The molecule has 3 N–H and O–H groups in total. The van der Waals surface area contributed by atoms with Gasteiger partial charge in [-0.2, -0.15) is 0 Å². The fraction of sp³-hybridized carbons (Fsp3) is 0.208. The van der Waals surface area contributed by atoms with Crippen LogP contribution in [0.5, 0.6) is 0 Å². The van der Waals surface area contributed by atoms with Crippen LogP contribution in [0.4, 0.5) is 11.5 Å². The van der Waals surface area contributed by atoms with Gasteiger partial charge in [-0.15, -0.1) is 0 Å². The molecule has 3 heterocycles. The fourth-order valence-corrected chi connectivity index (χ4v) is 4.28. The molecule has 2 unspecified atom stereocenters. The van der Waals surface area contributed by atoms with Crippen molar-refractivity contribution in [1.29, 1.82) is 5.41 Å². The second kappa shape index (κ2) is 9.52. The Hall–Kier alpha value is -3.92. The number of hydrogen-bond acceptors (Lipinski definition) is 9. The first kappa shape index (κ1) is 23.2. The van der Waals surface area contributed by atoms with Crippen molar-refractivity contribution in [2.24, 2.45) is 0 Å². The van der Waals surface area contributed by atoms with Crippen molar-refractivity contribution in [3.63, 3.8) is 0 Å². The molecule has 174 valence electrons. The number of nitrogens with zero attached hydrogens (tertiary/aromatic N) is 3. The van der Waals surface area contributed by atoms with Gasteiger partial charge in [0.05, 0.1) is 5.69 Å². The first-order chi connectivity index (χ1) is 16.3. The molecule has 0 spiro atoms. The van der Waals surface area contributed by atoms with Crippen LogP contribution in [0, 0.1) is 5.41 Å². The molecule has 1 aliphatic heterocycles. The van der Waals surface area contributed by atoms with Crippen molar-refractivity contribution < 1.29 is 13.2 Å². The molecule has 9 nitrogen and oxygen atoms in total. The monoisotopic (exact) mass is 476 g/mol. The molecule has 10 heteroatoms. The normalized spacial score (nSPS) is 15.6. The third kappa shape index (κ3) is 5.01. The van der Waals surface area contributed by atoms with E-state index in [0.29, 0.717) is 11.5 Å². The van der Waals surface area contributed by atoms with Gasteiger partial charge in [0.1, 0.15) is 29.5 Å². The Bertz CT molecular complexity index is 1360. The molecular formula is C24H24N6O3S. The van der Waals surface area contributed by atoms with Gasteiger partial charge < -0.3 is 15.4 Å². The Morgan fingerprint density at radius 1 is 1.24 bits per heavy atom. The third-order valence-electron chi connectivity index (χ3n) is 5.61. The first-order valence-corrected chi connectivity index (χ1v) is 12.5. The van der Waals surface area contributed by atoms with E-state index in [9.17, 15) is 13.2 Å². The van der Waals surface area contributed by atoms with Crippen molar-refractivity contribution >= 4 is 38.7 Å². The molecule has 4 rings (SSSR count). The molecule has 1 aromatic carbocycles. The van der Waals surface area contributed by atoms with Crippen molar-refractivity contribution in [1.82, 2.24) is 20.3 Å². The molecular weight excluding hydrogens is 452 g/mol. The van der Waals surface area contributed by atoms with Crippen LogP contribution in [0.3, 0.4) is 0 Å². The van der Waals surface area contributed by atoms with Crippen LogP contribution >= 0.6 is 0 Å². The molecule has 2 aromatic heterocycles. The number of aromatic nitrogens is 3. The average Bonchev–Trinajstić information content (AvgIpc) is 2.83. The number of carbonyl (C=O) groups is 1. The smallest absolute Gasteiger partial charge is 0.188 e. The molecule has 0 aliphatic carbocycles. The molecule has 0 radical (unpaired) electrons. The summed E-state index contributed by atoms with van der Waals surface area (Å²) in [6.07, 6.45) is 10.5. The summed E-state index contributed by atoms with van der Waals surface area (Å²) in [4.78, 5) is 24.6. The minimum atomic E-state index is -3.48. The first-order valence-electron chi connectivity index (χ1n) is 10.6. The van der Waals surface area contributed by atoms with E-state index in [-0.39, 0.29) is 17.4 Å². The fourth-order valence-electron chi connectivity index (χ4n) is 3.73. The van der Waals surface area contributed by atoms with E-state index >= 15 is 0 Å². The molecule has 3 aromatic rings. The number of sulfone groups is 1. The highest BCUT2D eigenvalue weighted by atomic mass is 32.2. The number of hydrogen-bond donors (Lipinski definition) is 3.